The van der Waals surface area contributed by atoms with E-state index in [1.54, 1.807) is 0 Å². The second kappa shape index (κ2) is 30.5. The Labute approximate surface area is 227 Å². The molecule has 0 aromatic heterocycles. The minimum absolute atomic E-state index is 0. The fourth-order valence-electron chi connectivity index (χ4n) is 0.964. The minimum atomic E-state index is -1.53. The van der Waals surface area contributed by atoms with Crippen LogP contribution in [0.5, 0.6) is 0 Å². The standard InChI is InChI=1S/4C4H7NO4.Zr/c4*1-9-5-3(2-6)4(7)8;/h4*6H,2H2,1H3,(H,7,8);/q;;;;+4/p-4. The third kappa shape index (κ3) is 28.6. The largest absolute Gasteiger partial charge is 4.00 e. The van der Waals surface area contributed by atoms with Crippen LogP contribution in [-0.2, 0) is 64.7 Å². The smallest absolute Gasteiger partial charge is 0.543 e. The Morgan fingerprint density at radius 1 is 0.486 bits per heavy atom. The van der Waals surface area contributed by atoms with Gasteiger partial charge in [-0.1, -0.05) is 20.6 Å². The molecule has 20 nitrogen and oxygen atoms in total. The molecule has 0 fully saturated rings. The van der Waals surface area contributed by atoms with Gasteiger partial charge in [0.25, 0.3) is 0 Å². The molecule has 0 rings (SSSR count). The van der Waals surface area contributed by atoms with E-state index in [1.807, 2.05) is 0 Å². The second-order valence-corrected chi connectivity index (χ2v) is 4.66. The zero-order chi connectivity index (χ0) is 29.1. The number of aliphatic hydroxyl groups is 4. The van der Waals surface area contributed by atoms with Crippen molar-refractivity contribution >= 4 is 46.7 Å². The van der Waals surface area contributed by atoms with Crippen LogP contribution in [0.4, 0.5) is 0 Å². The van der Waals surface area contributed by atoms with E-state index in [0.717, 1.165) is 0 Å². The van der Waals surface area contributed by atoms with Crippen LogP contribution in [0.2, 0.25) is 0 Å². The molecule has 0 saturated heterocycles. The molecule has 0 spiro atoms. The van der Waals surface area contributed by atoms with Crippen LogP contribution in [0.1, 0.15) is 0 Å². The van der Waals surface area contributed by atoms with Gasteiger partial charge >= 0.3 is 26.2 Å². The van der Waals surface area contributed by atoms with E-state index in [9.17, 15) is 39.6 Å². The van der Waals surface area contributed by atoms with Crippen molar-refractivity contribution < 1.29 is 106 Å². The number of hydrogen-bond acceptors (Lipinski definition) is 20. The molecule has 0 heterocycles. The van der Waals surface area contributed by atoms with Crippen LogP contribution in [0.25, 0.3) is 0 Å². The number of hydrogen-bond donors (Lipinski definition) is 4. The molecular formula is C16H24N4O16Zr. The summed E-state index contributed by atoms with van der Waals surface area (Å²) in [4.78, 5) is 55.6. The van der Waals surface area contributed by atoms with E-state index in [-0.39, 0.29) is 26.2 Å². The molecule has 0 unspecified atom stereocenters. The number of oxime groups is 4. The molecule has 0 amide bonds. The molecule has 0 atom stereocenters. The molecule has 0 aliphatic heterocycles. The summed E-state index contributed by atoms with van der Waals surface area (Å²) in [5, 5.41) is 83.9. The zero-order valence-electron chi connectivity index (χ0n) is 19.8. The first-order valence-corrected chi connectivity index (χ1v) is 8.57. The quantitative estimate of drug-likeness (QED) is 0.116. The predicted molar refractivity (Wildman–Crippen MR) is 106 cm³/mol. The Morgan fingerprint density at radius 2 is 0.622 bits per heavy atom. The number of carboxylic acids is 4. The summed E-state index contributed by atoms with van der Waals surface area (Å²) in [6, 6.07) is 0. The summed E-state index contributed by atoms with van der Waals surface area (Å²) in [6.45, 7) is -2.74. The van der Waals surface area contributed by atoms with E-state index in [4.69, 9.17) is 20.4 Å². The van der Waals surface area contributed by atoms with Gasteiger partial charge in [-0.05, 0) is 0 Å². The van der Waals surface area contributed by atoms with E-state index in [0.29, 0.717) is 0 Å². The van der Waals surface area contributed by atoms with Crippen LogP contribution in [0, 0.1) is 0 Å². The zero-order valence-corrected chi connectivity index (χ0v) is 22.3. The Morgan fingerprint density at radius 3 is 0.649 bits per heavy atom. The third-order valence-corrected chi connectivity index (χ3v) is 2.35. The number of nitrogens with zero attached hydrogens (tertiary/aromatic N) is 4. The van der Waals surface area contributed by atoms with Crippen LogP contribution in [-0.4, -0.2) is 122 Å². The molecule has 0 aromatic rings. The summed E-state index contributed by atoms with van der Waals surface area (Å²) in [5.41, 5.74) is -2.06. The molecular weight excluding hydrogens is 595 g/mol. The van der Waals surface area contributed by atoms with E-state index in [2.05, 4.69) is 40.0 Å². The first kappa shape index (κ1) is 43.5. The van der Waals surface area contributed by atoms with Crippen molar-refractivity contribution in [3.63, 3.8) is 0 Å². The van der Waals surface area contributed by atoms with Gasteiger partial charge in [-0.25, -0.2) is 0 Å². The van der Waals surface area contributed by atoms with E-state index in [1.165, 1.54) is 28.4 Å². The molecule has 0 aromatic carbocycles. The van der Waals surface area contributed by atoms with Crippen molar-refractivity contribution in [2.24, 2.45) is 20.6 Å². The molecule has 0 aliphatic carbocycles. The maximum atomic E-state index is 9.84. The maximum Gasteiger partial charge on any atom is 4.00 e. The Bertz CT molecular complexity index is 657. The van der Waals surface area contributed by atoms with Crippen molar-refractivity contribution in [2.45, 2.75) is 0 Å². The van der Waals surface area contributed by atoms with Gasteiger partial charge in [0.05, 0.1) is 50.3 Å². The van der Waals surface area contributed by atoms with Gasteiger partial charge < -0.3 is 79.4 Å². The Kier molecular flexibility index (Phi) is 35.9. The SMILES string of the molecule is CON=C(CO)C(=O)[O-].CON=C(CO)C(=O)[O-].CON=C(CO)C(=O)[O-].CON=C(CO)C(=O)[O-].[Zr+4]. The molecule has 0 saturated carbocycles. The number of rotatable bonds is 12. The van der Waals surface area contributed by atoms with E-state index < -0.39 is 73.2 Å². The van der Waals surface area contributed by atoms with Gasteiger partial charge in [0.15, 0.2) is 0 Å². The number of aliphatic carboxylic acids is 4. The molecule has 4 N–H and O–H groups in total. The average Bonchev–Trinajstić information content (AvgIpc) is 2.83. The molecule has 0 radical (unpaired) electrons. The number of aliphatic hydroxyl groups excluding tert-OH is 4. The summed E-state index contributed by atoms with van der Waals surface area (Å²) in [7, 11) is 4.72. The van der Waals surface area contributed by atoms with Gasteiger partial charge in [0.2, 0.25) is 0 Å². The first-order valence-electron chi connectivity index (χ1n) is 8.57. The van der Waals surface area contributed by atoms with Gasteiger partial charge in [-0.15, -0.1) is 0 Å². The summed E-state index contributed by atoms with van der Waals surface area (Å²) < 4.78 is 0. The van der Waals surface area contributed by atoms with Crippen molar-refractivity contribution in [2.75, 3.05) is 54.9 Å². The second-order valence-electron chi connectivity index (χ2n) is 4.66. The first-order chi connectivity index (χ1) is 16.9. The van der Waals surface area contributed by atoms with E-state index >= 15 is 0 Å². The normalized spacial score (nSPS) is 10.8. The average molecular weight is 620 g/mol. The van der Waals surface area contributed by atoms with Crippen LogP contribution >= 0.6 is 0 Å². The van der Waals surface area contributed by atoms with Crippen molar-refractivity contribution in [1.82, 2.24) is 0 Å². The summed E-state index contributed by atoms with van der Waals surface area (Å²) >= 11 is 0. The maximum absolute atomic E-state index is 9.84. The van der Waals surface area contributed by atoms with Gasteiger partial charge in [0.1, 0.15) is 51.3 Å². The number of carbonyl (C=O) groups excluding carboxylic acids is 4. The number of carbonyl (C=O) groups is 4. The topological polar surface area (TPSA) is 328 Å². The number of carboxylic acid groups (broad SMARTS) is 4. The molecule has 0 aliphatic rings. The van der Waals surface area contributed by atoms with Crippen LogP contribution < -0.4 is 20.4 Å². The van der Waals surface area contributed by atoms with Crippen LogP contribution in [0.3, 0.4) is 0 Å². The molecule has 0 bridgehead atoms. The Hall–Kier alpha value is -3.52. The molecule has 37 heavy (non-hydrogen) atoms. The van der Waals surface area contributed by atoms with Gasteiger partial charge in [-0.2, -0.15) is 0 Å². The third-order valence-electron chi connectivity index (χ3n) is 2.35. The minimum Gasteiger partial charge on any atom is -0.543 e. The van der Waals surface area contributed by atoms with Crippen molar-refractivity contribution in [1.29, 1.82) is 0 Å². The summed E-state index contributed by atoms with van der Waals surface area (Å²) in [6.07, 6.45) is 0. The predicted octanol–water partition coefficient (Wildman–Crippen LogP) is -9.08. The van der Waals surface area contributed by atoms with Crippen molar-refractivity contribution in [3.8, 4) is 0 Å². The van der Waals surface area contributed by atoms with Gasteiger partial charge in [0, 0.05) is 0 Å². The fraction of sp³-hybridized carbons (Fsp3) is 0.500. The Balaban J connectivity index is -0.000000122. The fourth-order valence-corrected chi connectivity index (χ4v) is 0.964. The van der Waals surface area contributed by atoms with Crippen molar-refractivity contribution in [3.05, 3.63) is 0 Å². The summed E-state index contributed by atoms with van der Waals surface area (Å²) in [5.74, 6) is -6.11. The van der Waals surface area contributed by atoms with Crippen LogP contribution in [0.15, 0.2) is 20.6 Å². The monoisotopic (exact) mass is 618 g/mol. The molecule has 21 heteroatoms. The van der Waals surface area contributed by atoms with Gasteiger partial charge in [-0.3, -0.25) is 0 Å². The molecule has 208 valence electrons.